The summed E-state index contributed by atoms with van der Waals surface area (Å²) in [7, 11) is 1.67. The summed E-state index contributed by atoms with van der Waals surface area (Å²) in [5.74, 6) is -7.15. The summed E-state index contributed by atoms with van der Waals surface area (Å²) in [5.41, 5.74) is 0.230. The average molecular weight is 407 g/mol. The van der Waals surface area contributed by atoms with E-state index in [1.807, 2.05) is 30.3 Å². The lowest BCUT2D eigenvalue weighted by atomic mass is 10.1. The van der Waals surface area contributed by atoms with Crippen molar-refractivity contribution in [1.29, 1.82) is 0 Å². The molecule has 154 valence electrons. The number of aromatic hydroxyl groups is 1. The van der Waals surface area contributed by atoms with Crippen LogP contribution in [0.4, 0.5) is 18.0 Å². The van der Waals surface area contributed by atoms with Crippen LogP contribution in [0, 0.1) is 17.5 Å². The second kappa shape index (κ2) is 8.42. The first-order valence-corrected chi connectivity index (χ1v) is 8.99. The standard InChI is InChI=1S/C20H20F3N3O3/c1-24(12-13-5-3-2-4-6-13)20(29)26-9-7-25(8-10-26)19(28)14-11-15(21)17(23)18(27)16(14)22/h2-6,11,27H,7-10,12H2,1H3. The van der Waals surface area contributed by atoms with E-state index < -0.39 is 34.7 Å². The lowest BCUT2D eigenvalue weighted by Gasteiger charge is -2.36. The first kappa shape index (κ1) is 20.5. The zero-order valence-electron chi connectivity index (χ0n) is 15.7. The highest BCUT2D eigenvalue weighted by molar-refractivity contribution is 5.95. The summed E-state index contributed by atoms with van der Waals surface area (Å²) in [4.78, 5) is 29.4. The van der Waals surface area contributed by atoms with Gasteiger partial charge in [-0.25, -0.2) is 13.6 Å². The molecule has 1 aliphatic heterocycles. The Morgan fingerprint density at radius 1 is 1.00 bits per heavy atom. The summed E-state index contributed by atoms with van der Waals surface area (Å²) in [5, 5.41) is 9.29. The van der Waals surface area contributed by atoms with Gasteiger partial charge in [-0.2, -0.15) is 4.39 Å². The number of carbonyl (C=O) groups excluding carboxylic acids is 2. The third-order valence-electron chi connectivity index (χ3n) is 4.79. The van der Waals surface area contributed by atoms with E-state index in [0.717, 1.165) is 5.56 Å². The molecule has 0 bridgehead atoms. The fraction of sp³-hybridized carbons (Fsp3) is 0.300. The van der Waals surface area contributed by atoms with Crippen LogP contribution in [-0.2, 0) is 6.54 Å². The Morgan fingerprint density at radius 3 is 2.21 bits per heavy atom. The maximum atomic E-state index is 14.0. The van der Waals surface area contributed by atoms with E-state index in [0.29, 0.717) is 12.6 Å². The number of rotatable bonds is 3. The molecule has 0 atom stereocenters. The Labute approximate surface area is 165 Å². The molecule has 1 heterocycles. The van der Waals surface area contributed by atoms with Gasteiger partial charge in [-0.15, -0.1) is 0 Å². The minimum atomic E-state index is -1.74. The highest BCUT2D eigenvalue weighted by Crippen LogP contribution is 2.27. The van der Waals surface area contributed by atoms with Crippen molar-refractivity contribution in [3.8, 4) is 5.75 Å². The van der Waals surface area contributed by atoms with E-state index in [2.05, 4.69) is 0 Å². The van der Waals surface area contributed by atoms with Crippen LogP contribution in [0.25, 0.3) is 0 Å². The molecule has 0 aromatic heterocycles. The molecule has 0 spiro atoms. The quantitative estimate of drug-likeness (QED) is 0.796. The lowest BCUT2D eigenvalue weighted by molar-refractivity contribution is 0.0637. The van der Waals surface area contributed by atoms with Crippen LogP contribution in [0.3, 0.4) is 0 Å². The number of carbonyl (C=O) groups is 2. The van der Waals surface area contributed by atoms with Crippen LogP contribution in [0.5, 0.6) is 5.75 Å². The summed E-state index contributed by atoms with van der Waals surface area (Å²) in [6.45, 7) is 1.05. The molecule has 29 heavy (non-hydrogen) atoms. The van der Waals surface area contributed by atoms with Crippen molar-refractivity contribution >= 4 is 11.9 Å². The maximum Gasteiger partial charge on any atom is 0.320 e. The smallest absolute Gasteiger partial charge is 0.320 e. The van der Waals surface area contributed by atoms with Crippen molar-refractivity contribution in [2.75, 3.05) is 33.2 Å². The van der Waals surface area contributed by atoms with Gasteiger partial charge in [-0.3, -0.25) is 4.79 Å². The monoisotopic (exact) mass is 407 g/mol. The van der Waals surface area contributed by atoms with Crippen LogP contribution < -0.4 is 0 Å². The van der Waals surface area contributed by atoms with E-state index in [4.69, 9.17) is 0 Å². The summed E-state index contributed by atoms with van der Waals surface area (Å²) >= 11 is 0. The van der Waals surface area contributed by atoms with Crippen LogP contribution >= 0.6 is 0 Å². The largest absolute Gasteiger partial charge is 0.503 e. The Balaban J connectivity index is 1.62. The van der Waals surface area contributed by atoms with Gasteiger partial charge in [0, 0.05) is 39.8 Å². The zero-order valence-corrected chi connectivity index (χ0v) is 15.7. The molecule has 6 nitrogen and oxygen atoms in total. The van der Waals surface area contributed by atoms with Gasteiger partial charge in [0.2, 0.25) is 5.82 Å². The Bertz CT molecular complexity index is 916. The number of hydrogen-bond donors (Lipinski definition) is 1. The fourth-order valence-corrected chi connectivity index (χ4v) is 3.18. The predicted octanol–water partition coefficient (Wildman–Crippen LogP) is 2.82. The summed E-state index contributed by atoms with van der Waals surface area (Å²) in [6.07, 6.45) is 0. The number of phenolic OH excluding ortho intramolecular Hbond substituents is 1. The number of piperazine rings is 1. The molecule has 2 aromatic rings. The topological polar surface area (TPSA) is 64.1 Å². The number of nitrogens with zero attached hydrogens (tertiary/aromatic N) is 3. The number of urea groups is 1. The number of amides is 3. The van der Waals surface area contributed by atoms with Gasteiger partial charge in [-0.05, 0) is 11.6 Å². The van der Waals surface area contributed by atoms with E-state index in [9.17, 15) is 27.9 Å². The molecule has 1 saturated heterocycles. The third-order valence-corrected chi connectivity index (χ3v) is 4.79. The van der Waals surface area contributed by atoms with Crippen molar-refractivity contribution in [3.05, 3.63) is 65.0 Å². The van der Waals surface area contributed by atoms with E-state index in [1.165, 1.54) is 4.90 Å². The van der Waals surface area contributed by atoms with Gasteiger partial charge in [0.15, 0.2) is 17.4 Å². The zero-order chi connectivity index (χ0) is 21.1. The first-order valence-electron chi connectivity index (χ1n) is 8.99. The third kappa shape index (κ3) is 4.28. The second-order valence-electron chi connectivity index (χ2n) is 6.79. The van der Waals surface area contributed by atoms with Crippen molar-refractivity contribution in [3.63, 3.8) is 0 Å². The summed E-state index contributed by atoms with van der Waals surface area (Å²) < 4.78 is 40.7. The van der Waals surface area contributed by atoms with Gasteiger partial charge in [0.25, 0.3) is 5.91 Å². The molecule has 1 aliphatic rings. The van der Waals surface area contributed by atoms with Crippen molar-refractivity contribution in [1.82, 2.24) is 14.7 Å². The SMILES string of the molecule is CN(Cc1ccccc1)C(=O)N1CCN(C(=O)c2cc(F)c(F)c(O)c2F)CC1. The van der Waals surface area contributed by atoms with Gasteiger partial charge >= 0.3 is 6.03 Å². The maximum absolute atomic E-state index is 14.0. The average Bonchev–Trinajstić information content (AvgIpc) is 2.74. The Morgan fingerprint density at radius 2 is 1.59 bits per heavy atom. The van der Waals surface area contributed by atoms with Crippen molar-refractivity contribution < 1.29 is 27.9 Å². The van der Waals surface area contributed by atoms with Gasteiger partial charge in [0.05, 0.1) is 5.56 Å². The normalized spacial score (nSPS) is 14.1. The van der Waals surface area contributed by atoms with E-state index in [-0.39, 0.29) is 32.2 Å². The molecule has 3 amide bonds. The van der Waals surface area contributed by atoms with E-state index >= 15 is 0 Å². The molecule has 0 saturated carbocycles. The molecule has 1 N–H and O–H groups in total. The molecule has 3 rings (SSSR count). The van der Waals surface area contributed by atoms with Crippen LogP contribution in [0.1, 0.15) is 15.9 Å². The second-order valence-corrected chi connectivity index (χ2v) is 6.79. The number of halogens is 3. The molecule has 1 fully saturated rings. The molecule has 2 aromatic carbocycles. The molecular formula is C20H20F3N3O3. The Kier molecular flexibility index (Phi) is 5.95. The van der Waals surface area contributed by atoms with Crippen molar-refractivity contribution in [2.24, 2.45) is 0 Å². The van der Waals surface area contributed by atoms with Crippen LogP contribution in [0.15, 0.2) is 36.4 Å². The lowest BCUT2D eigenvalue weighted by Crippen LogP contribution is -2.53. The molecular weight excluding hydrogens is 387 g/mol. The number of phenols is 1. The fourth-order valence-electron chi connectivity index (χ4n) is 3.18. The molecule has 0 unspecified atom stereocenters. The highest BCUT2D eigenvalue weighted by Gasteiger charge is 2.30. The summed E-state index contributed by atoms with van der Waals surface area (Å²) in [6, 6.07) is 9.69. The number of hydrogen-bond acceptors (Lipinski definition) is 3. The molecule has 0 radical (unpaired) electrons. The Hall–Kier alpha value is -3.23. The first-order chi connectivity index (χ1) is 13.8. The van der Waals surface area contributed by atoms with Gasteiger partial charge in [-0.1, -0.05) is 30.3 Å². The molecule has 0 aliphatic carbocycles. The van der Waals surface area contributed by atoms with E-state index in [1.54, 1.807) is 16.8 Å². The minimum Gasteiger partial charge on any atom is -0.503 e. The van der Waals surface area contributed by atoms with Gasteiger partial charge < -0.3 is 19.8 Å². The highest BCUT2D eigenvalue weighted by atomic mass is 19.2. The molecule has 9 heteroatoms. The van der Waals surface area contributed by atoms with Crippen LogP contribution in [-0.4, -0.2) is 65.0 Å². The predicted molar refractivity (Wildman–Crippen MR) is 98.8 cm³/mol. The van der Waals surface area contributed by atoms with Crippen LogP contribution in [0.2, 0.25) is 0 Å². The van der Waals surface area contributed by atoms with Crippen molar-refractivity contribution in [2.45, 2.75) is 6.54 Å². The number of benzene rings is 2. The van der Waals surface area contributed by atoms with Gasteiger partial charge in [0.1, 0.15) is 0 Å². The minimum absolute atomic E-state index is 0.100.